The zero-order valence-electron chi connectivity index (χ0n) is 23.8. The van der Waals surface area contributed by atoms with Gasteiger partial charge in [0, 0.05) is 55.1 Å². The van der Waals surface area contributed by atoms with Crippen molar-refractivity contribution in [2.24, 2.45) is 11.3 Å². The monoisotopic (exact) mass is 546 g/mol. The summed E-state index contributed by atoms with van der Waals surface area (Å²) in [6.45, 7) is 11.7. The molecule has 7 heteroatoms. The summed E-state index contributed by atoms with van der Waals surface area (Å²) in [7, 11) is 0. The molecule has 2 amide bonds. The summed E-state index contributed by atoms with van der Waals surface area (Å²) in [6.07, 6.45) is 6.17. The molecule has 1 aliphatic carbocycles. The molecule has 1 saturated heterocycles. The van der Waals surface area contributed by atoms with Crippen LogP contribution < -0.4 is 5.32 Å². The molecule has 1 N–H and O–H groups in total. The lowest BCUT2D eigenvalue weighted by Crippen LogP contribution is -2.51. The molecule has 2 aliphatic rings. The second kappa shape index (κ2) is 11.8. The number of carbonyl (C=O) groups excluding carboxylic acids is 2. The number of benzene rings is 1. The number of para-hydroxylation sites is 1. The Morgan fingerprint density at radius 1 is 1.03 bits per heavy atom. The Hall–Kier alpha value is -2.77. The van der Waals surface area contributed by atoms with Gasteiger partial charge in [0.25, 0.3) is 5.91 Å². The third kappa shape index (κ3) is 6.20. The second-order valence-electron chi connectivity index (χ2n) is 12.3. The highest BCUT2D eigenvalue weighted by Crippen LogP contribution is 2.34. The number of piperazine rings is 1. The second-order valence-corrected chi connectivity index (χ2v) is 13.2. The van der Waals surface area contributed by atoms with Crippen LogP contribution in [0, 0.1) is 11.3 Å². The smallest absolute Gasteiger partial charge is 0.252 e. The fraction of sp³-hybridized carbons (Fsp3) is 0.531. The Morgan fingerprint density at radius 3 is 2.41 bits per heavy atom. The molecular formula is C32H42N4O2S. The van der Waals surface area contributed by atoms with Crippen molar-refractivity contribution in [3.8, 4) is 10.6 Å². The molecule has 1 saturated carbocycles. The van der Waals surface area contributed by atoms with Crippen LogP contribution in [0.3, 0.4) is 0 Å². The molecule has 5 rings (SSSR count). The molecule has 3 aromatic rings. The minimum Gasteiger partial charge on any atom is -0.349 e. The van der Waals surface area contributed by atoms with E-state index in [1.54, 1.807) is 11.3 Å². The van der Waals surface area contributed by atoms with Crippen LogP contribution in [-0.4, -0.2) is 58.8 Å². The van der Waals surface area contributed by atoms with Crippen LogP contribution in [0.2, 0.25) is 0 Å². The van der Waals surface area contributed by atoms with E-state index in [-0.39, 0.29) is 23.3 Å². The van der Waals surface area contributed by atoms with Gasteiger partial charge in [0.2, 0.25) is 5.91 Å². The molecule has 0 spiro atoms. The van der Waals surface area contributed by atoms with Gasteiger partial charge in [-0.15, -0.1) is 11.3 Å². The first-order chi connectivity index (χ1) is 18.7. The molecule has 1 atom stereocenters. The van der Waals surface area contributed by atoms with Gasteiger partial charge in [0.1, 0.15) is 0 Å². The summed E-state index contributed by atoms with van der Waals surface area (Å²) in [5, 5.41) is 6.38. The summed E-state index contributed by atoms with van der Waals surface area (Å²) in [5.41, 5.74) is 3.10. The van der Waals surface area contributed by atoms with Crippen molar-refractivity contribution in [3.63, 3.8) is 0 Å². The van der Waals surface area contributed by atoms with E-state index < -0.39 is 0 Å². The SMILES string of the molecule is C[C@H](NC(=O)c1c(CN2CCN(C(=O)C(C)(C)C)CC2)c(-c2cccs2)nc2ccccc12)C1CCCCC1. The lowest BCUT2D eigenvalue weighted by atomic mass is 9.84. The largest absolute Gasteiger partial charge is 0.349 e. The zero-order valence-corrected chi connectivity index (χ0v) is 24.7. The number of fused-ring (bicyclic) bond motifs is 1. The standard InChI is InChI=1S/C32H42N4O2S/c1-22(23-11-6-5-7-12-23)33-30(37)28-24-13-8-9-14-26(24)34-29(27-15-10-20-39-27)25(28)21-35-16-18-36(19-17-35)31(38)32(2,3)4/h8-10,13-15,20,22-23H,5-7,11-12,16-19,21H2,1-4H3,(H,33,37)/t22-/m0/s1. The van der Waals surface area contributed by atoms with Crippen LogP contribution in [-0.2, 0) is 11.3 Å². The zero-order chi connectivity index (χ0) is 27.6. The number of amides is 2. The van der Waals surface area contributed by atoms with E-state index in [4.69, 9.17) is 4.98 Å². The van der Waals surface area contributed by atoms with E-state index in [0.29, 0.717) is 25.6 Å². The normalized spacial score (nSPS) is 18.3. The first-order valence-corrected chi connectivity index (χ1v) is 15.4. The molecule has 0 bridgehead atoms. The molecule has 3 heterocycles. The van der Waals surface area contributed by atoms with Gasteiger partial charge < -0.3 is 10.2 Å². The Morgan fingerprint density at radius 2 is 1.74 bits per heavy atom. The summed E-state index contributed by atoms with van der Waals surface area (Å²) in [6, 6.07) is 12.3. The summed E-state index contributed by atoms with van der Waals surface area (Å²) >= 11 is 1.66. The molecule has 39 heavy (non-hydrogen) atoms. The number of nitrogens with zero attached hydrogens (tertiary/aromatic N) is 3. The Balaban J connectivity index is 1.49. The molecule has 2 aromatic heterocycles. The topological polar surface area (TPSA) is 65.5 Å². The van der Waals surface area contributed by atoms with Gasteiger partial charge in [0.05, 0.1) is 21.7 Å². The van der Waals surface area contributed by atoms with Crippen LogP contribution in [0.25, 0.3) is 21.5 Å². The van der Waals surface area contributed by atoms with Gasteiger partial charge in [0.15, 0.2) is 0 Å². The predicted molar refractivity (Wildman–Crippen MR) is 160 cm³/mol. The summed E-state index contributed by atoms with van der Waals surface area (Å²) < 4.78 is 0. The van der Waals surface area contributed by atoms with Crippen molar-refractivity contribution < 1.29 is 9.59 Å². The van der Waals surface area contributed by atoms with E-state index in [1.807, 2.05) is 56.0 Å². The highest BCUT2D eigenvalue weighted by atomic mass is 32.1. The first kappa shape index (κ1) is 27.8. The van der Waals surface area contributed by atoms with Crippen LogP contribution in [0.15, 0.2) is 41.8 Å². The Labute approximate surface area is 236 Å². The predicted octanol–water partition coefficient (Wildman–Crippen LogP) is 6.35. The van der Waals surface area contributed by atoms with Crippen molar-refractivity contribution in [2.75, 3.05) is 26.2 Å². The highest BCUT2D eigenvalue weighted by Gasteiger charge is 2.31. The van der Waals surface area contributed by atoms with Crippen molar-refractivity contribution in [3.05, 3.63) is 52.9 Å². The number of hydrogen-bond donors (Lipinski definition) is 1. The van der Waals surface area contributed by atoms with Crippen LogP contribution in [0.4, 0.5) is 0 Å². The maximum absolute atomic E-state index is 14.1. The minimum absolute atomic E-state index is 0.000950. The molecule has 1 aromatic carbocycles. The summed E-state index contributed by atoms with van der Waals surface area (Å²) in [4.78, 5) is 37.5. The molecule has 0 unspecified atom stereocenters. The Kier molecular flexibility index (Phi) is 8.38. The molecule has 1 aliphatic heterocycles. The van der Waals surface area contributed by atoms with Gasteiger partial charge in [-0.3, -0.25) is 14.5 Å². The van der Waals surface area contributed by atoms with E-state index >= 15 is 0 Å². The van der Waals surface area contributed by atoms with Crippen molar-refractivity contribution >= 4 is 34.1 Å². The fourth-order valence-electron chi connectivity index (χ4n) is 6.12. The van der Waals surface area contributed by atoms with Crippen molar-refractivity contribution in [2.45, 2.75) is 72.4 Å². The van der Waals surface area contributed by atoms with E-state index in [2.05, 4.69) is 28.6 Å². The number of aromatic nitrogens is 1. The molecule has 6 nitrogen and oxygen atoms in total. The Bertz CT molecular complexity index is 1300. The van der Waals surface area contributed by atoms with Crippen LogP contribution in [0.5, 0.6) is 0 Å². The van der Waals surface area contributed by atoms with Gasteiger partial charge in [-0.1, -0.05) is 64.3 Å². The van der Waals surface area contributed by atoms with E-state index in [0.717, 1.165) is 45.7 Å². The van der Waals surface area contributed by atoms with Gasteiger partial charge in [-0.25, -0.2) is 4.98 Å². The number of pyridine rings is 1. The molecule has 0 radical (unpaired) electrons. The number of thiophene rings is 1. The lowest BCUT2D eigenvalue weighted by Gasteiger charge is -2.38. The third-order valence-electron chi connectivity index (χ3n) is 8.37. The van der Waals surface area contributed by atoms with E-state index in [1.165, 1.54) is 32.1 Å². The van der Waals surface area contributed by atoms with Gasteiger partial charge >= 0.3 is 0 Å². The highest BCUT2D eigenvalue weighted by molar-refractivity contribution is 7.13. The number of carbonyl (C=O) groups is 2. The average molecular weight is 547 g/mol. The number of nitrogens with one attached hydrogen (secondary N) is 1. The van der Waals surface area contributed by atoms with E-state index in [9.17, 15) is 9.59 Å². The van der Waals surface area contributed by atoms with Crippen molar-refractivity contribution in [1.29, 1.82) is 0 Å². The first-order valence-electron chi connectivity index (χ1n) is 14.5. The third-order valence-corrected chi connectivity index (χ3v) is 9.25. The average Bonchev–Trinajstić information content (AvgIpc) is 3.47. The molecular weight excluding hydrogens is 504 g/mol. The van der Waals surface area contributed by atoms with Gasteiger partial charge in [-0.2, -0.15) is 0 Å². The number of hydrogen-bond acceptors (Lipinski definition) is 5. The maximum atomic E-state index is 14.1. The van der Waals surface area contributed by atoms with Crippen LogP contribution >= 0.6 is 11.3 Å². The summed E-state index contributed by atoms with van der Waals surface area (Å²) in [5.74, 6) is 0.732. The van der Waals surface area contributed by atoms with Crippen LogP contribution in [0.1, 0.15) is 75.7 Å². The molecule has 2 fully saturated rings. The van der Waals surface area contributed by atoms with Crippen molar-refractivity contribution in [1.82, 2.24) is 20.1 Å². The minimum atomic E-state index is -0.378. The fourth-order valence-corrected chi connectivity index (χ4v) is 6.86. The number of rotatable bonds is 6. The van der Waals surface area contributed by atoms with Gasteiger partial charge in [-0.05, 0) is 43.2 Å². The maximum Gasteiger partial charge on any atom is 0.252 e. The lowest BCUT2D eigenvalue weighted by molar-refractivity contribution is -0.141. The molecule has 208 valence electrons. The quantitative estimate of drug-likeness (QED) is 0.391.